The second kappa shape index (κ2) is 6.87. The van der Waals surface area contributed by atoms with E-state index in [1.165, 1.54) is 6.07 Å². The highest BCUT2D eigenvalue weighted by molar-refractivity contribution is 5.29. The average Bonchev–Trinajstić information content (AvgIpc) is 2.59. The van der Waals surface area contributed by atoms with E-state index in [0.717, 1.165) is 30.0 Å². The highest BCUT2D eigenvalue weighted by atomic mass is 19.2. The zero-order chi connectivity index (χ0) is 17.2. The molecule has 1 N–H and O–H groups in total. The fourth-order valence-electron chi connectivity index (χ4n) is 3.18. The molecule has 1 saturated heterocycles. The van der Waals surface area contributed by atoms with Crippen LogP contribution in [0, 0.1) is 11.6 Å². The first-order valence-electron chi connectivity index (χ1n) is 8.03. The monoisotopic (exact) mass is 333 g/mol. The second-order valence-corrected chi connectivity index (χ2v) is 6.29. The molecule has 0 amide bonds. The number of ether oxygens (including phenoxy) is 1. The third-order valence-electron chi connectivity index (χ3n) is 4.68. The van der Waals surface area contributed by atoms with Gasteiger partial charge in [0.2, 0.25) is 0 Å². The van der Waals surface area contributed by atoms with Crippen molar-refractivity contribution in [3.8, 4) is 5.75 Å². The van der Waals surface area contributed by atoms with Crippen molar-refractivity contribution in [3.63, 3.8) is 0 Å². The van der Waals surface area contributed by atoms with Crippen molar-refractivity contribution in [1.29, 1.82) is 0 Å². The van der Waals surface area contributed by atoms with Crippen molar-refractivity contribution >= 4 is 0 Å². The van der Waals surface area contributed by atoms with Crippen LogP contribution in [-0.4, -0.2) is 30.2 Å². The van der Waals surface area contributed by atoms with Gasteiger partial charge in [-0.25, -0.2) is 8.78 Å². The van der Waals surface area contributed by atoms with Crippen molar-refractivity contribution in [2.45, 2.75) is 25.0 Å². The summed E-state index contributed by atoms with van der Waals surface area (Å²) in [5.41, 5.74) is 0.495. The van der Waals surface area contributed by atoms with Crippen LogP contribution in [0.5, 0.6) is 5.75 Å². The summed E-state index contributed by atoms with van der Waals surface area (Å²) in [5.74, 6) is -0.986. The molecule has 0 unspecified atom stereocenters. The molecule has 1 aliphatic rings. The van der Waals surface area contributed by atoms with Crippen LogP contribution in [0.4, 0.5) is 8.78 Å². The Morgan fingerprint density at radius 2 is 1.83 bits per heavy atom. The molecule has 24 heavy (non-hydrogen) atoms. The Kier molecular flexibility index (Phi) is 4.83. The topological polar surface area (TPSA) is 32.7 Å². The van der Waals surface area contributed by atoms with Gasteiger partial charge in [-0.3, -0.25) is 4.90 Å². The first-order valence-corrected chi connectivity index (χ1v) is 8.03. The summed E-state index contributed by atoms with van der Waals surface area (Å²) in [7, 11) is 1.64. The maximum Gasteiger partial charge on any atom is 0.159 e. The molecule has 0 aliphatic carbocycles. The normalized spacial score (nSPS) is 17.7. The minimum atomic E-state index is -1.10. The molecular weight excluding hydrogens is 312 g/mol. The molecule has 0 spiro atoms. The molecule has 0 bridgehead atoms. The Hall–Kier alpha value is -1.98. The van der Waals surface area contributed by atoms with Gasteiger partial charge in [0.15, 0.2) is 11.6 Å². The smallest absolute Gasteiger partial charge is 0.159 e. The molecule has 3 rings (SSSR count). The van der Waals surface area contributed by atoms with Gasteiger partial charge in [-0.1, -0.05) is 18.2 Å². The molecule has 1 aliphatic heterocycles. The molecule has 1 heterocycles. The van der Waals surface area contributed by atoms with Crippen molar-refractivity contribution in [1.82, 2.24) is 4.90 Å². The lowest BCUT2D eigenvalue weighted by Crippen LogP contribution is -2.42. The predicted molar refractivity (Wildman–Crippen MR) is 87.8 cm³/mol. The number of likely N-dealkylation sites (tertiary alicyclic amines) is 1. The number of hydrogen-bond acceptors (Lipinski definition) is 3. The van der Waals surface area contributed by atoms with E-state index in [9.17, 15) is 13.9 Å². The van der Waals surface area contributed by atoms with E-state index in [0.29, 0.717) is 31.5 Å². The maximum atomic E-state index is 13.4. The fourth-order valence-corrected chi connectivity index (χ4v) is 3.18. The van der Waals surface area contributed by atoms with E-state index in [2.05, 4.69) is 4.90 Å². The van der Waals surface area contributed by atoms with Crippen LogP contribution in [0.15, 0.2) is 42.5 Å². The number of aliphatic hydroxyl groups is 1. The summed E-state index contributed by atoms with van der Waals surface area (Å²) >= 11 is 0. The summed E-state index contributed by atoms with van der Waals surface area (Å²) in [5, 5.41) is 10.8. The minimum Gasteiger partial charge on any atom is -0.497 e. The van der Waals surface area contributed by atoms with Gasteiger partial charge >= 0.3 is 0 Å². The molecule has 0 radical (unpaired) electrons. The van der Waals surface area contributed by atoms with Gasteiger partial charge in [-0.05, 0) is 48.2 Å². The van der Waals surface area contributed by atoms with Crippen molar-refractivity contribution in [2.24, 2.45) is 0 Å². The zero-order valence-electron chi connectivity index (χ0n) is 13.6. The van der Waals surface area contributed by atoms with Crippen LogP contribution in [0.3, 0.4) is 0 Å². The Balaban J connectivity index is 1.65. The molecule has 2 aromatic carbocycles. The van der Waals surface area contributed by atoms with Crippen LogP contribution in [-0.2, 0) is 12.1 Å². The fraction of sp³-hybridized carbons (Fsp3) is 0.368. The standard InChI is InChI=1S/C19H21F2NO2/c1-24-16-4-2-3-14(11-16)13-22-9-7-19(23,8-10-22)15-5-6-17(20)18(21)12-15/h2-6,11-12,23H,7-10,13H2,1H3. The van der Waals surface area contributed by atoms with Gasteiger partial charge in [0.25, 0.3) is 0 Å². The van der Waals surface area contributed by atoms with E-state index >= 15 is 0 Å². The number of rotatable bonds is 4. The molecule has 0 saturated carbocycles. The number of halogens is 2. The highest BCUT2D eigenvalue weighted by Crippen LogP contribution is 2.34. The van der Waals surface area contributed by atoms with E-state index < -0.39 is 17.2 Å². The first-order chi connectivity index (χ1) is 11.5. The Morgan fingerprint density at radius 1 is 1.08 bits per heavy atom. The van der Waals surface area contributed by atoms with Crippen LogP contribution in [0.1, 0.15) is 24.0 Å². The summed E-state index contributed by atoms with van der Waals surface area (Å²) in [6, 6.07) is 11.5. The maximum absolute atomic E-state index is 13.4. The molecule has 2 aromatic rings. The van der Waals surface area contributed by atoms with Crippen molar-refractivity contribution in [3.05, 3.63) is 65.2 Å². The van der Waals surface area contributed by atoms with Gasteiger partial charge in [-0.2, -0.15) is 0 Å². The number of benzene rings is 2. The van der Waals surface area contributed by atoms with E-state index in [1.807, 2.05) is 24.3 Å². The third-order valence-corrected chi connectivity index (χ3v) is 4.68. The number of hydrogen-bond donors (Lipinski definition) is 1. The van der Waals surface area contributed by atoms with Crippen molar-refractivity contribution in [2.75, 3.05) is 20.2 Å². The van der Waals surface area contributed by atoms with Crippen LogP contribution in [0.2, 0.25) is 0 Å². The van der Waals surface area contributed by atoms with Gasteiger partial charge in [0.05, 0.1) is 12.7 Å². The van der Waals surface area contributed by atoms with Gasteiger partial charge in [0, 0.05) is 19.6 Å². The predicted octanol–water partition coefficient (Wildman–Crippen LogP) is 3.46. The molecule has 0 atom stereocenters. The lowest BCUT2D eigenvalue weighted by atomic mass is 9.84. The lowest BCUT2D eigenvalue weighted by Gasteiger charge is -2.38. The molecule has 128 valence electrons. The Morgan fingerprint density at radius 3 is 2.50 bits per heavy atom. The zero-order valence-corrected chi connectivity index (χ0v) is 13.6. The van der Waals surface area contributed by atoms with E-state index in [-0.39, 0.29) is 0 Å². The summed E-state index contributed by atoms with van der Waals surface area (Å²) in [6.07, 6.45) is 0.976. The van der Waals surface area contributed by atoms with Crippen LogP contribution < -0.4 is 4.74 Å². The summed E-state index contributed by atoms with van der Waals surface area (Å²) in [6.45, 7) is 2.14. The minimum absolute atomic E-state index is 0.447. The Bertz CT molecular complexity index is 712. The first kappa shape index (κ1) is 16.9. The average molecular weight is 333 g/mol. The third kappa shape index (κ3) is 3.57. The van der Waals surface area contributed by atoms with Gasteiger partial charge < -0.3 is 9.84 Å². The molecule has 5 heteroatoms. The van der Waals surface area contributed by atoms with Crippen LogP contribution in [0.25, 0.3) is 0 Å². The number of methoxy groups -OCH3 is 1. The highest BCUT2D eigenvalue weighted by Gasteiger charge is 2.34. The van der Waals surface area contributed by atoms with E-state index in [1.54, 1.807) is 7.11 Å². The lowest BCUT2D eigenvalue weighted by molar-refractivity contribution is -0.0280. The number of piperidine rings is 1. The largest absolute Gasteiger partial charge is 0.497 e. The Labute approximate surface area is 140 Å². The van der Waals surface area contributed by atoms with Gasteiger partial charge in [-0.15, -0.1) is 0 Å². The quantitative estimate of drug-likeness (QED) is 0.930. The van der Waals surface area contributed by atoms with Crippen molar-refractivity contribution < 1.29 is 18.6 Å². The van der Waals surface area contributed by atoms with Gasteiger partial charge in [0.1, 0.15) is 5.75 Å². The second-order valence-electron chi connectivity index (χ2n) is 6.29. The molecule has 0 aromatic heterocycles. The summed E-state index contributed by atoms with van der Waals surface area (Å²) in [4.78, 5) is 2.24. The SMILES string of the molecule is COc1cccc(CN2CCC(O)(c3ccc(F)c(F)c3)CC2)c1. The van der Waals surface area contributed by atoms with E-state index in [4.69, 9.17) is 4.74 Å². The summed E-state index contributed by atoms with van der Waals surface area (Å²) < 4.78 is 31.7. The molecule has 1 fully saturated rings. The number of nitrogens with zero attached hydrogens (tertiary/aromatic N) is 1. The molecule has 3 nitrogen and oxygen atoms in total. The van der Waals surface area contributed by atoms with Crippen LogP contribution >= 0.6 is 0 Å². The molecular formula is C19H21F2NO2.